The van der Waals surface area contributed by atoms with Crippen molar-refractivity contribution in [3.63, 3.8) is 0 Å². The number of thioether (sulfide) groups is 1. The molecule has 0 bridgehead atoms. The normalized spacial score (nSPS) is 15.8. The van der Waals surface area contributed by atoms with Crippen molar-refractivity contribution in [2.45, 2.75) is 36.1 Å². The number of anilines is 1. The van der Waals surface area contributed by atoms with Crippen molar-refractivity contribution in [3.8, 4) is 0 Å². The van der Waals surface area contributed by atoms with Crippen molar-refractivity contribution in [2.75, 3.05) is 5.32 Å². The van der Waals surface area contributed by atoms with E-state index in [0.717, 1.165) is 11.5 Å². The second-order valence-electron chi connectivity index (χ2n) is 4.89. The van der Waals surface area contributed by atoms with Crippen LogP contribution in [0.3, 0.4) is 0 Å². The van der Waals surface area contributed by atoms with Crippen LogP contribution in [0.4, 0.5) is 5.69 Å². The molecule has 3 rings (SSSR count). The molecular formula is C14H16N4OS. The summed E-state index contributed by atoms with van der Waals surface area (Å²) < 4.78 is 0. The number of rotatable bonds is 5. The predicted molar refractivity (Wildman–Crippen MR) is 78.7 cm³/mol. The first-order valence-corrected chi connectivity index (χ1v) is 7.55. The Bertz CT molecular complexity index is 594. The molecule has 0 saturated heterocycles. The van der Waals surface area contributed by atoms with Gasteiger partial charge < -0.3 is 5.32 Å². The van der Waals surface area contributed by atoms with Gasteiger partial charge in [0.25, 0.3) is 0 Å². The summed E-state index contributed by atoms with van der Waals surface area (Å²) in [6.45, 7) is 1.86. The zero-order chi connectivity index (χ0) is 13.9. The van der Waals surface area contributed by atoms with Crippen LogP contribution in [0.15, 0.2) is 35.5 Å². The third-order valence-electron chi connectivity index (χ3n) is 3.14. The number of aromatic nitrogens is 3. The molecule has 5 nitrogen and oxygen atoms in total. The molecule has 104 valence electrons. The molecule has 6 heteroatoms. The van der Waals surface area contributed by atoms with E-state index in [4.69, 9.17) is 0 Å². The van der Waals surface area contributed by atoms with Crippen LogP contribution in [0.1, 0.15) is 31.5 Å². The Morgan fingerprint density at radius 1 is 1.40 bits per heavy atom. The first-order valence-electron chi connectivity index (χ1n) is 6.67. The van der Waals surface area contributed by atoms with Crippen LogP contribution in [0.2, 0.25) is 0 Å². The van der Waals surface area contributed by atoms with Gasteiger partial charge >= 0.3 is 0 Å². The Morgan fingerprint density at radius 3 is 2.85 bits per heavy atom. The van der Waals surface area contributed by atoms with E-state index in [1.165, 1.54) is 24.6 Å². The molecule has 2 N–H and O–H groups in total. The van der Waals surface area contributed by atoms with E-state index in [0.29, 0.717) is 11.1 Å². The SMILES string of the molecule is C[C@@H](Sc1n[nH]c(C2CC2)n1)C(=O)Nc1ccccc1. The van der Waals surface area contributed by atoms with Crippen molar-refractivity contribution in [2.24, 2.45) is 0 Å². The molecule has 1 heterocycles. The minimum absolute atomic E-state index is 0.0426. The monoisotopic (exact) mass is 288 g/mol. The summed E-state index contributed by atoms with van der Waals surface area (Å²) in [5.41, 5.74) is 0.804. The molecular weight excluding hydrogens is 272 g/mol. The molecule has 0 aliphatic heterocycles. The van der Waals surface area contributed by atoms with Crippen molar-refractivity contribution >= 4 is 23.4 Å². The topological polar surface area (TPSA) is 70.7 Å². The van der Waals surface area contributed by atoms with Crippen molar-refractivity contribution in [1.82, 2.24) is 15.2 Å². The van der Waals surface area contributed by atoms with Gasteiger partial charge in [-0.15, -0.1) is 5.10 Å². The van der Waals surface area contributed by atoms with Crippen LogP contribution in [0, 0.1) is 0 Å². The van der Waals surface area contributed by atoms with E-state index in [-0.39, 0.29) is 11.2 Å². The summed E-state index contributed by atoms with van der Waals surface area (Å²) in [4.78, 5) is 16.5. The summed E-state index contributed by atoms with van der Waals surface area (Å²) in [6.07, 6.45) is 2.37. The van der Waals surface area contributed by atoms with Gasteiger partial charge in [-0.2, -0.15) is 0 Å². The molecule has 1 amide bonds. The fourth-order valence-corrected chi connectivity index (χ4v) is 2.56. The van der Waals surface area contributed by atoms with Gasteiger partial charge in [0.1, 0.15) is 5.82 Å². The Kier molecular flexibility index (Phi) is 3.73. The van der Waals surface area contributed by atoms with Gasteiger partial charge in [-0.05, 0) is 31.9 Å². The van der Waals surface area contributed by atoms with Gasteiger partial charge in [-0.3, -0.25) is 9.89 Å². The molecule has 1 aliphatic rings. The summed E-state index contributed by atoms with van der Waals surface area (Å²) in [7, 11) is 0. The Hall–Kier alpha value is -1.82. The number of H-pyrrole nitrogens is 1. The standard InChI is InChI=1S/C14H16N4OS/c1-9(13(19)15-11-5-3-2-4-6-11)20-14-16-12(17-18-14)10-7-8-10/h2-6,9-10H,7-8H2,1H3,(H,15,19)(H,16,17,18)/t9-/m1/s1. The number of para-hydroxylation sites is 1. The maximum atomic E-state index is 12.1. The third kappa shape index (κ3) is 3.19. The van der Waals surface area contributed by atoms with E-state index >= 15 is 0 Å². The van der Waals surface area contributed by atoms with Gasteiger partial charge in [-0.1, -0.05) is 30.0 Å². The molecule has 1 saturated carbocycles. The average molecular weight is 288 g/mol. The van der Waals surface area contributed by atoms with Crippen molar-refractivity contribution < 1.29 is 4.79 Å². The van der Waals surface area contributed by atoms with Crippen LogP contribution in [0.5, 0.6) is 0 Å². The number of benzene rings is 1. The fraction of sp³-hybridized carbons (Fsp3) is 0.357. The third-order valence-corrected chi connectivity index (χ3v) is 4.10. The van der Waals surface area contributed by atoms with Crippen molar-refractivity contribution in [3.05, 3.63) is 36.2 Å². The number of carbonyl (C=O) groups is 1. The Labute approximate surface area is 121 Å². The largest absolute Gasteiger partial charge is 0.325 e. The summed E-state index contributed by atoms with van der Waals surface area (Å²) >= 11 is 1.37. The molecule has 1 aromatic carbocycles. The summed E-state index contributed by atoms with van der Waals surface area (Å²) in [5.74, 6) is 1.45. The zero-order valence-corrected chi connectivity index (χ0v) is 12.0. The molecule has 0 radical (unpaired) electrons. The fourth-order valence-electron chi connectivity index (χ4n) is 1.83. The van der Waals surface area contributed by atoms with Crippen LogP contribution < -0.4 is 5.32 Å². The second kappa shape index (κ2) is 5.66. The summed E-state index contributed by atoms with van der Waals surface area (Å²) in [5, 5.41) is 10.4. The van der Waals surface area contributed by atoms with Gasteiger partial charge in [-0.25, -0.2) is 4.98 Å². The highest BCUT2D eigenvalue weighted by Crippen LogP contribution is 2.38. The maximum absolute atomic E-state index is 12.1. The zero-order valence-electron chi connectivity index (χ0n) is 11.2. The second-order valence-corrected chi connectivity index (χ2v) is 6.20. The lowest BCUT2D eigenvalue weighted by Gasteiger charge is -2.09. The molecule has 1 fully saturated rings. The molecule has 0 spiro atoms. The maximum Gasteiger partial charge on any atom is 0.237 e. The van der Waals surface area contributed by atoms with Crippen LogP contribution in [-0.4, -0.2) is 26.3 Å². The van der Waals surface area contributed by atoms with Crippen LogP contribution in [-0.2, 0) is 4.79 Å². The Morgan fingerprint density at radius 2 is 2.15 bits per heavy atom. The number of nitrogens with zero attached hydrogens (tertiary/aromatic N) is 2. The molecule has 1 aromatic heterocycles. The van der Waals surface area contributed by atoms with Gasteiger partial charge in [0.05, 0.1) is 5.25 Å². The number of hydrogen-bond donors (Lipinski definition) is 2. The van der Waals surface area contributed by atoms with Gasteiger partial charge in [0.2, 0.25) is 11.1 Å². The smallest absolute Gasteiger partial charge is 0.237 e. The first kappa shape index (κ1) is 13.2. The van der Waals surface area contributed by atoms with E-state index in [1.807, 2.05) is 37.3 Å². The number of carbonyl (C=O) groups excluding carboxylic acids is 1. The van der Waals surface area contributed by atoms with Crippen LogP contribution in [0.25, 0.3) is 0 Å². The lowest BCUT2D eigenvalue weighted by atomic mass is 10.3. The van der Waals surface area contributed by atoms with Gasteiger partial charge in [0.15, 0.2) is 0 Å². The van der Waals surface area contributed by atoms with E-state index < -0.39 is 0 Å². The minimum atomic E-state index is -0.238. The minimum Gasteiger partial charge on any atom is -0.325 e. The molecule has 1 atom stereocenters. The quantitative estimate of drug-likeness (QED) is 0.830. The lowest BCUT2D eigenvalue weighted by Crippen LogP contribution is -2.22. The highest BCUT2D eigenvalue weighted by atomic mass is 32.2. The molecule has 0 unspecified atom stereocenters. The molecule has 20 heavy (non-hydrogen) atoms. The van der Waals surface area contributed by atoms with E-state index in [1.54, 1.807) is 0 Å². The number of aromatic amines is 1. The van der Waals surface area contributed by atoms with Crippen molar-refractivity contribution in [1.29, 1.82) is 0 Å². The number of amides is 1. The number of hydrogen-bond acceptors (Lipinski definition) is 4. The first-order chi connectivity index (χ1) is 9.72. The van der Waals surface area contributed by atoms with Gasteiger partial charge in [0, 0.05) is 11.6 Å². The Balaban J connectivity index is 1.57. The van der Waals surface area contributed by atoms with E-state index in [9.17, 15) is 4.79 Å². The molecule has 1 aliphatic carbocycles. The van der Waals surface area contributed by atoms with E-state index in [2.05, 4.69) is 20.5 Å². The van der Waals surface area contributed by atoms with Crippen LogP contribution >= 0.6 is 11.8 Å². The number of nitrogens with one attached hydrogen (secondary N) is 2. The lowest BCUT2D eigenvalue weighted by molar-refractivity contribution is -0.115. The summed E-state index contributed by atoms with van der Waals surface area (Å²) in [6, 6.07) is 9.44. The molecule has 2 aromatic rings. The highest BCUT2D eigenvalue weighted by Gasteiger charge is 2.27. The highest BCUT2D eigenvalue weighted by molar-refractivity contribution is 8.00. The average Bonchev–Trinajstić information content (AvgIpc) is 3.20. The predicted octanol–water partition coefficient (Wildman–Crippen LogP) is 2.80.